The largest absolute Gasteiger partial charge is 0.289 e. The number of hydrogen-bond acceptors (Lipinski definition) is 1. The van der Waals surface area contributed by atoms with Gasteiger partial charge >= 0.3 is 0 Å². The molecule has 2 heteroatoms. The van der Waals surface area contributed by atoms with Crippen molar-refractivity contribution in [1.82, 2.24) is 0 Å². The van der Waals surface area contributed by atoms with Crippen molar-refractivity contribution >= 4 is 16.9 Å². The van der Waals surface area contributed by atoms with Crippen LogP contribution in [0.2, 0.25) is 0 Å². The second-order valence-electron chi connectivity index (χ2n) is 13.7. The van der Waals surface area contributed by atoms with Crippen molar-refractivity contribution in [2.24, 2.45) is 17.3 Å². The molecule has 0 unspecified atom stereocenters. The van der Waals surface area contributed by atoms with Crippen LogP contribution in [0.15, 0.2) is 84.5 Å². The van der Waals surface area contributed by atoms with E-state index in [0.29, 0.717) is 11.8 Å². The molecule has 3 aromatic rings. The normalized spacial score (nSPS) is 22.1. The Morgan fingerprint density at radius 3 is 2.36 bits per heavy atom. The summed E-state index contributed by atoms with van der Waals surface area (Å²) in [5.74, 6) is 1.26. The molecule has 1 spiro atoms. The minimum absolute atomic E-state index is 0.0416. The molecule has 3 aliphatic carbocycles. The van der Waals surface area contributed by atoms with E-state index >= 15 is 0 Å². The van der Waals surface area contributed by atoms with Gasteiger partial charge in [0.25, 0.3) is 0 Å². The first kappa shape index (κ1) is 28.6. The standard InChI is InChI=1S/C40H43FO/c1-26(2)19-30-7-11-33(22-30)34-12-13-36-35(23-34)24-40(25-37(39(36)42)32-9-5-27(3)6-10-32)17-15-29(16-18-40)21-31-8-14-38(41)28(4)20-31/h5-14,20,23,25-26,29H,15-19,21-22,24H2,1-4H3. The summed E-state index contributed by atoms with van der Waals surface area (Å²) in [5.41, 5.74) is 11.2. The number of halogens is 1. The van der Waals surface area contributed by atoms with Gasteiger partial charge in [0.05, 0.1) is 0 Å². The molecule has 42 heavy (non-hydrogen) atoms. The number of Topliss-reactive ketones (excluding diaryl/α,β-unsaturated/α-hetero) is 1. The van der Waals surface area contributed by atoms with Crippen LogP contribution in [-0.2, 0) is 12.8 Å². The van der Waals surface area contributed by atoms with E-state index in [1.165, 1.54) is 33.4 Å². The van der Waals surface area contributed by atoms with Crippen LogP contribution in [0.25, 0.3) is 11.1 Å². The molecule has 3 aliphatic rings. The summed E-state index contributed by atoms with van der Waals surface area (Å²) >= 11 is 0. The van der Waals surface area contributed by atoms with Crippen LogP contribution in [-0.4, -0.2) is 5.78 Å². The molecule has 0 saturated heterocycles. The van der Waals surface area contributed by atoms with Crippen molar-refractivity contribution in [2.45, 2.75) is 79.1 Å². The molecule has 3 aromatic carbocycles. The number of benzene rings is 3. The van der Waals surface area contributed by atoms with Gasteiger partial charge < -0.3 is 0 Å². The number of allylic oxidation sites excluding steroid dienone is 6. The van der Waals surface area contributed by atoms with Crippen LogP contribution in [0.5, 0.6) is 0 Å². The minimum atomic E-state index is -0.128. The zero-order valence-corrected chi connectivity index (χ0v) is 25.6. The van der Waals surface area contributed by atoms with Gasteiger partial charge in [-0.15, -0.1) is 0 Å². The molecule has 1 saturated carbocycles. The Morgan fingerprint density at radius 2 is 1.64 bits per heavy atom. The molecular formula is C40H43FO. The fraction of sp³-hybridized carbons (Fsp3) is 0.375. The Bertz CT molecular complexity index is 1590. The zero-order chi connectivity index (χ0) is 29.4. The lowest BCUT2D eigenvalue weighted by molar-refractivity contribution is 0.105. The molecule has 0 bridgehead atoms. The number of ketones is 1. The summed E-state index contributed by atoms with van der Waals surface area (Å²) in [6, 6.07) is 20.6. The van der Waals surface area contributed by atoms with Crippen LogP contribution in [0, 0.1) is 36.9 Å². The number of hydrogen-bond donors (Lipinski definition) is 0. The van der Waals surface area contributed by atoms with Crippen LogP contribution in [0.1, 0.15) is 96.1 Å². The summed E-state index contributed by atoms with van der Waals surface area (Å²) in [6.45, 7) is 8.50. The predicted octanol–water partition coefficient (Wildman–Crippen LogP) is 10.4. The third kappa shape index (κ3) is 6.00. The Kier molecular flexibility index (Phi) is 7.92. The van der Waals surface area contributed by atoms with Crippen LogP contribution in [0.3, 0.4) is 0 Å². The van der Waals surface area contributed by atoms with E-state index in [1.807, 2.05) is 19.1 Å². The molecule has 0 aromatic heterocycles. The summed E-state index contributed by atoms with van der Waals surface area (Å²) in [4.78, 5) is 14.2. The van der Waals surface area contributed by atoms with Gasteiger partial charge in [0.1, 0.15) is 5.82 Å². The van der Waals surface area contributed by atoms with E-state index < -0.39 is 0 Å². The maximum absolute atomic E-state index is 14.2. The van der Waals surface area contributed by atoms with Gasteiger partial charge in [-0.1, -0.05) is 97.8 Å². The maximum Gasteiger partial charge on any atom is 0.193 e. The fourth-order valence-electron chi connectivity index (χ4n) is 7.44. The highest BCUT2D eigenvalue weighted by molar-refractivity contribution is 6.29. The number of rotatable bonds is 6. The molecule has 0 amide bonds. The molecule has 216 valence electrons. The van der Waals surface area contributed by atoms with Gasteiger partial charge in [0, 0.05) is 11.1 Å². The molecule has 0 aliphatic heterocycles. The molecular weight excluding hydrogens is 515 g/mol. The van der Waals surface area contributed by atoms with Gasteiger partial charge in [0.15, 0.2) is 5.78 Å². The Hall–Kier alpha value is -3.52. The Morgan fingerprint density at radius 1 is 0.905 bits per heavy atom. The van der Waals surface area contributed by atoms with Crippen molar-refractivity contribution in [3.63, 3.8) is 0 Å². The number of carbonyl (C=O) groups excluding carboxylic acids is 1. The second kappa shape index (κ2) is 11.6. The predicted molar refractivity (Wildman–Crippen MR) is 173 cm³/mol. The van der Waals surface area contributed by atoms with Crippen LogP contribution < -0.4 is 0 Å². The quantitative estimate of drug-likeness (QED) is 0.294. The highest BCUT2D eigenvalue weighted by Gasteiger charge is 2.38. The average molecular weight is 559 g/mol. The van der Waals surface area contributed by atoms with Crippen molar-refractivity contribution in [1.29, 1.82) is 0 Å². The lowest BCUT2D eigenvalue weighted by atomic mass is 9.66. The fourth-order valence-corrected chi connectivity index (χ4v) is 7.44. The van der Waals surface area contributed by atoms with Crippen molar-refractivity contribution in [3.05, 3.63) is 129 Å². The van der Waals surface area contributed by atoms with Crippen molar-refractivity contribution in [2.75, 3.05) is 0 Å². The van der Waals surface area contributed by atoms with E-state index in [0.717, 1.165) is 73.6 Å². The summed E-state index contributed by atoms with van der Waals surface area (Å²) < 4.78 is 13.9. The van der Waals surface area contributed by atoms with Gasteiger partial charge in [-0.25, -0.2) is 4.39 Å². The maximum atomic E-state index is 14.2. The topological polar surface area (TPSA) is 17.1 Å². The molecule has 0 radical (unpaired) electrons. The van der Waals surface area contributed by atoms with E-state index in [1.54, 1.807) is 6.07 Å². The van der Waals surface area contributed by atoms with Crippen LogP contribution >= 0.6 is 0 Å². The number of aryl methyl sites for hydroxylation is 2. The molecule has 6 rings (SSSR count). The van der Waals surface area contributed by atoms with Crippen molar-refractivity contribution in [3.8, 4) is 0 Å². The molecule has 0 N–H and O–H groups in total. The molecule has 0 heterocycles. The first-order chi connectivity index (χ1) is 20.2. The molecule has 1 fully saturated rings. The van der Waals surface area contributed by atoms with E-state index in [4.69, 9.17) is 0 Å². The van der Waals surface area contributed by atoms with Gasteiger partial charge in [-0.2, -0.15) is 0 Å². The van der Waals surface area contributed by atoms with Crippen LogP contribution in [0.4, 0.5) is 4.39 Å². The van der Waals surface area contributed by atoms with Gasteiger partial charge in [-0.05, 0) is 122 Å². The third-order valence-electron chi connectivity index (χ3n) is 9.78. The third-order valence-corrected chi connectivity index (χ3v) is 9.78. The monoisotopic (exact) mass is 558 g/mol. The lowest BCUT2D eigenvalue weighted by Crippen LogP contribution is -2.29. The number of fused-ring (bicyclic) bond motifs is 1. The highest BCUT2D eigenvalue weighted by atomic mass is 19.1. The second-order valence-corrected chi connectivity index (χ2v) is 13.7. The molecule has 0 atom stereocenters. The van der Waals surface area contributed by atoms with Gasteiger partial charge in [-0.3, -0.25) is 4.79 Å². The van der Waals surface area contributed by atoms with E-state index in [2.05, 4.69) is 81.5 Å². The van der Waals surface area contributed by atoms with Gasteiger partial charge in [0.2, 0.25) is 0 Å². The van der Waals surface area contributed by atoms with Crippen molar-refractivity contribution < 1.29 is 9.18 Å². The lowest BCUT2D eigenvalue weighted by Gasteiger charge is -2.38. The van der Waals surface area contributed by atoms with E-state index in [9.17, 15) is 9.18 Å². The van der Waals surface area contributed by atoms with E-state index in [-0.39, 0.29) is 17.0 Å². The minimum Gasteiger partial charge on any atom is -0.289 e. The highest BCUT2D eigenvalue weighted by Crippen LogP contribution is 2.48. The Labute approximate surface area is 251 Å². The first-order valence-corrected chi connectivity index (χ1v) is 15.8. The number of carbonyl (C=O) groups is 1. The molecule has 1 nitrogen and oxygen atoms in total. The SMILES string of the molecule is Cc1ccc(C2=CC3(CCC(Cc4ccc(F)c(C)c4)CC3)Cc3cc(C4=CC=C(CC(C)C)C4)ccc3C2=O)cc1. The summed E-state index contributed by atoms with van der Waals surface area (Å²) in [6.07, 6.45) is 15.3. The Balaban J connectivity index is 1.30. The summed E-state index contributed by atoms with van der Waals surface area (Å²) in [7, 11) is 0. The average Bonchev–Trinajstić information content (AvgIpc) is 3.39. The smallest absolute Gasteiger partial charge is 0.193 e. The zero-order valence-electron chi connectivity index (χ0n) is 25.6. The summed E-state index contributed by atoms with van der Waals surface area (Å²) in [5, 5.41) is 0. The first-order valence-electron chi connectivity index (χ1n) is 15.8.